The summed E-state index contributed by atoms with van der Waals surface area (Å²) < 4.78 is 5.44. The number of piperidine rings is 1. The number of nitrogens with zero attached hydrogens (tertiary/aromatic N) is 2. The molecule has 0 aromatic carbocycles. The van der Waals surface area contributed by atoms with Crippen LogP contribution in [0.3, 0.4) is 0 Å². The minimum atomic E-state index is -0.427. The van der Waals surface area contributed by atoms with Gasteiger partial charge in [-0.05, 0) is 53.4 Å². The molecule has 128 valence electrons. The molecule has 1 amide bonds. The van der Waals surface area contributed by atoms with Gasteiger partial charge in [0.25, 0.3) is 0 Å². The SMILES string of the molecule is Cc1sc(NC2CCN(C(=O)OC(C)(C)C)CC2)nc1C1CC1. The fraction of sp³-hybridized carbons (Fsp3) is 0.765. The van der Waals surface area contributed by atoms with Crippen molar-refractivity contribution in [2.45, 2.75) is 70.9 Å². The molecule has 5 nitrogen and oxygen atoms in total. The second-order valence-electron chi connectivity index (χ2n) is 7.62. The van der Waals surface area contributed by atoms with Crippen molar-refractivity contribution >= 4 is 22.6 Å². The highest BCUT2D eigenvalue weighted by Crippen LogP contribution is 2.43. The molecule has 1 aliphatic carbocycles. The highest BCUT2D eigenvalue weighted by atomic mass is 32.1. The van der Waals surface area contributed by atoms with Crippen LogP contribution in [0.15, 0.2) is 0 Å². The molecule has 0 radical (unpaired) electrons. The number of amides is 1. The van der Waals surface area contributed by atoms with Crippen LogP contribution >= 0.6 is 11.3 Å². The van der Waals surface area contributed by atoms with Gasteiger partial charge in [0.15, 0.2) is 5.13 Å². The number of thiazole rings is 1. The molecule has 1 aromatic heterocycles. The Morgan fingerprint density at radius 3 is 2.48 bits per heavy atom. The summed E-state index contributed by atoms with van der Waals surface area (Å²) in [7, 11) is 0. The number of anilines is 1. The number of carbonyl (C=O) groups excluding carboxylic acids is 1. The van der Waals surface area contributed by atoms with Crippen LogP contribution < -0.4 is 5.32 Å². The largest absolute Gasteiger partial charge is 0.444 e. The zero-order valence-corrected chi connectivity index (χ0v) is 15.3. The second kappa shape index (κ2) is 6.30. The summed E-state index contributed by atoms with van der Waals surface area (Å²) in [5, 5.41) is 4.60. The number of nitrogens with one attached hydrogen (secondary N) is 1. The normalized spacial score (nSPS) is 19.7. The highest BCUT2D eigenvalue weighted by Gasteiger charge is 2.30. The molecule has 2 heterocycles. The van der Waals surface area contributed by atoms with Crippen LogP contribution in [0.4, 0.5) is 9.93 Å². The molecule has 1 saturated heterocycles. The van der Waals surface area contributed by atoms with Crippen LogP contribution in [0.5, 0.6) is 0 Å². The van der Waals surface area contributed by atoms with Crippen molar-refractivity contribution in [1.82, 2.24) is 9.88 Å². The lowest BCUT2D eigenvalue weighted by Crippen LogP contribution is -2.44. The van der Waals surface area contributed by atoms with Crippen LogP contribution in [-0.4, -0.2) is 40.7 Å². The van der Waals surface area contributed by atoms with Crippen molar-refractivity contribution in [3.05, 3.63) is 10.6 Å². The monoisotopic (exact) mass is 337 g/mol. The Morgan fingerprint density at radius 2 is 1.91 bits per heavy atom. The molecule has 6 heteroatoms. The van der Waals surface area contributed by atoms with Crippen LogP contribution in [0.1, 0.15) is 62.9 Å². The minimum absolute atomic E-state index is 0.197. The number of aromatic nitrogens is 1. The Balaban J connectivity index is 1.49. The number of rotatable bonds is 3. The van der Waals surface area contributed by atoms with Crippen LogP contribution in [0, 0.1) is 6.92 Å². The van der Waals surface area contributed by atoms with E-state index in [9.17, 15) is 4.79 Å². The Labute approximate surface area is 142 Å². The molecular weight excluding hydrogens is 310 g/mol. The maximum atomic E-state index is 12.1. The number of aryl methyl sites for hydroxylation is 1. The summed E-state index contributed by atoms with van der Waals surface area (Å²) in [6.07, 6.45) is 4.26. The van der Waals surface area contributed by atoms with E-state index in [0.29, 0.717) is 12.0 Å². The lowest BCUT2D eigenvalue weighted by atomic mass is 10.1. The van der Waals surface area contributed by atoms with Crippen molar-refractivity contribution in [1.29, 1.82) is 0 Å². The third-order valence-corrected chi connectivity index (χ3v) is 5.19. The minimum Gasteiger partial charge on any atom is -0.444 e. The molecule has 0 atom stereocenters. The van der Waals surface area contributed by atoms with E-state index in [2.05, 4.69) is 12.2 Å². The molecule has 2 aliphatic rings. The van der Waals surface area contributed by atoms with Crippen LogP contribution in [-0.2, 0) is 4.74 Å². The van der Waals surface area contributed by atoms with Gasteiger partial charge in [-0.1, -0.05) is 0 Å². The first-order chi connectivity index (χ1) is 10.8. The predicted molar refractivity (Wildman–Crippen MR) is 93.3 cm³/mol. The van der Waals surface area contributed by atoms with Gasteiger partial charge < -0.3 is 15.0 Å². The zero-order valence-electron chi connectivity index (χ0n) is 14.5. The summed E-state index contributed by atoms with van der Waals surface area (Å²) in [6.45, 7) is 9.37. The van der Waals surface area contributed by atoms with Gasteiger partial charge in [-0.25, -0.2) is 9.78 Å². The fourth-order valence-electron chi connectivity index (χ4n) is 2.91. The van der Waals surface area contributed by atoms with Gasteiger partial charge in [0.1, 0.15) is 5.60 Å². The lowest BCUT2D eigenvalue weighted by Gasteiger charge is -2.33. The fourth-order valence-corrected chi connectivity index (χ4v) is 3.89. The Morgan fingerprint density at radius 1 is 1.26 bits per heavy atom. The van der Waals surface area contributed by atoms with Gasteiger partial charge >= 0.3 is 6.09 Å². The summed E-state index contributed by atoms with van der Waals surface area (Å²) in [4.78, 5) is 20.0. The average molecular weight is 337 g/mol. The third kappa shape index (κ3) is 4.37. The number of likely N-dealkylation sites (tertiary alicyclic amines) is 1. The van der Waals surface area contributed by atoms with E-state index >= 15 is 0 Å². The van der Waals surface area contributed by atoms with Gasteiger partial charge in [0.2, 0.25) is 0 Å². The Hall–Kier alpha value is -1.30. The van der Waals surface area contributed by atoms with E-state index in [4.69, 9.17) is 9.72 Å². The van der Waals surface area contributed by atoms with E-state index in [1.165, 1.54) is 23.4 Å². The van der Waals surface area contributed by atoms with Gasteiger partial charge in [0, 0.05) is 29.9 Å². The van der Waals surface area contributed by atoms with Crippen molar-refractivity contribution in [2.24, 2.45) is 0 Å². The van der Waals surface area contributed by atoms with Crippen molar-refractivity contribution < 1.29 is 9.53 Å². The molecule has 0 spiro atoms. The molecule has 0 unspecified atom stereocenters. The maximum Gasteiger partial charge on any atom is 0.410 e. The van der Waals surface area contributed by atoms with E-state index in [1.807, 2.05) is 25.7 Å². The second-order valence-corrected chi connectivity index (χ2v) is 8.82. The molecule has 1 N–H and O–H groups in total. The highest BCUT2D eigenvalue weighted by molar-refractivity contribution is 7.15. The van der Waals surface area contributed by atoms with E-state index in [1.54, 1.807) is 11.3 Å². The van der Waals surface area contributed by atoms with E-state index < -0.39 is 5.60 Å². The quantitative estimate of drug-likeness (QED) is 0.900. The first kappa shape index (κ1) is 16.6. The summed E-state index contributed by atoms with van der Waals surface area (Å²) >= 11 is 1.76. The van der Waals surface area contributed by atoms with Crippen LogP contribution in [0.2, 0.25) is 0 Å². The van der Waals surface area contributed by atoms with Crippen molar-refractivity contribution in [3.8, 4) is 0 Å². The lowest BCUT2D eigenvalue weighted by molar-refractivity contribution is 0.0210. The molecule has 0 bridgehead atoms. The molecule has 1 saturated carbocycles. The van der Waals surface area contributed by atoms with Crippen molar-refractivity contribution in [2.75, 3.05) is 18.4 Å². The molecule has 1 aliphatic heterocycles. The molecule has 23 heavy (non-hydrogen) atoms. The molecule has 3 rings (SSSR count). The number of hydrogen-bond donors (Lipinski definition) is 1. The Kier molecular flexibility index (Phi) is 4.54. The topological polar surface area (TPSA) is 54.5 Å². The van der Waals surface area contributed by atoms with E-state index in [0.717, 1.165) is 31.1 Å². The first-order valence-electron chi connectivity index (χ1n) is 8.53. The first-order valence-corrected chi connectivity index (χ1v) is 9.35. The van der Waals surface area contributed by atoms with Crippen molar-refractivity contribution in [3.63, 3.8) is 0 Å². The van der Waals surface area contributed by atoms with Gasteiger partial charge in [-0.15, -0.1) is 11.3 Å². The van der Waals surface area contributed by atoms with E-state index in [-0.39, 0.29) is 6.09 Å². The average Bonchev–Trinajstić information content (AvgIpc) is 3.22. The smallest absolute Gasteiger partial charge is 0.410 e. The van der Waals surface area contributed by atoms with Gasteiger partial charge in [-0.3, -0.25) is 0 Å². The summed E-state index contributed by atoms with van der Waals surface area (Å²) in [5.41, 5.74) is 0.868. The standard InChI is InChI=1S/C17H27N3O2S/c1-11-14(12-5-6-12)19-15(23-11)18-13-7-9-20(10-8-13)16(21)22-17(2,3)4/h12-13H,5-10H2,1-4H3,(H,18,19). The summed E-state index contributed by atoms with van der Waals surface area (Å²) in [6, 6.07) is 0.395. The number of carbonyl (C=O) groups is 1. The van der Waals surface area contributed by atoms with Gasteiger partial charge in [-0.2, -0.15) is 0 Å². The third-order valence-electron chi connectivity index (χ3n) is 4.27. The summed E-state index contributed by atoms with van der Waals surface area (Å²) in [5.74, 6) is 0.704. The molecule has 2 fully saturated rings. The van der Waals surface area contributed by atoms with Gasteiger partial charge in [0.05, 0.1) is 5.69 Å². The zero-order chi connectivity index (χ0) is 16.6. The maximum absolute atomic E-state index is 12.1. The molecule has 1 aromatic rings. The molecular formula is C17H27N3O2S. The Bertz CT molecular complexity index is 567. The van der Waals surface area contributed by atoms with Crippen LogP contribution in [0.25, 0.3) is 0 Å². The predicted octanol–water partition coefficient (Wildman–Crippen LogP) is 4.14. The number of hydrogen-bond acceptors (Lipinski definition) is 5. The number of ether oxygens (including phenoxy) is 1.